The number of carbonyl (C=O) groups excluding carboxylic acids is 2. The standard InChI is InChI=1S/C34H45N5O2/c1-25(26-13-6-4-7-14-26)35-34(41)32-28-17-10-11-18-30(28)36-33(27-15-8-5-9-16-27)29(32)23-38-21-22-39(31(40)24-38)20-12-19-37(2)3/h5,8-11,15-18,25-26H,4,6-7,12-14,19-24H2,1-3H3,(H,35,41)/t25-/m0/s1. The molecule has 0 radical (unpaired) electrons. The number of nitrogens with zero attached hydrogens (tertiary/aromatic N) is 4. The Bertz CT molecular complexity index is 1340. The third-order valence-corrected chi connectivity index (χ3v) is 8.80. The maximum atomic E-state index is 14.2. The highest BCUT2D eigenvalue weighted by molar-refractivity contribution is 6.09. The number of carbonyl (C=O) groups is 2. The minimum absolute atomic E-state index is 0.0393. The number of hydrogen-bond donors (Lipinski definition) is 1. The topological polar surface area (TPSA) is 68.8 Å². The molecule has 0 bridgehead atoms. The molecule has 1 aliphatic heterocycles. The number of nitrogens with one attached hydrogen (secondary N) is 1. The van der Waals surface area contributed by atoms with E-state index in [1.54, 1.807) is 0 Å². The lowest BCUT2D eigenvalue weighted by Crippen LogP contribution is -2.50. The van der Waals surface area contributed by atoms with E-state index in [1.165, 1.54) is 32.1 Å². The number of piperazine rings is 1. The number of para-hydroxylation sites is 1. The van der Waals surface area contributed by atoms with Crippen LogP contribution in [0.3, 0.4) is 0 Å². The highest BCUT2D eigenvalue weighted by Gasteiger charge is 2.29. The Morgan fingerprint density at radius 2 is 1.76 bits per heavy atom. The maximum Gasteiger partial charge on any atom is 0.252 e. The van der Waals surface area contributed by atoms with Gasteiger partial charge in [-0.05, 0) is 58.8 Å². The Hall–Kier alpha value is -3.29. The molecule has 0 spiro atoms. The molecule has 0 unspecified atom stereocenters. The van der Waals surface area contributed by atoms with Crippen LogP contribution < -0.4 is 5.32 Å². The van der Waals surface area contributed by atoms with E-state index in [2.05, 4.69) is 48.3 Å². The average Bonchev–Trinajstić information content (AvgIpc) is 2.98. The number of pyridine rings is 1. The van der Waals surface area contributed by atoms with Crippen LogP contribution in [0.5, 0.6) is 0 Å². The summed E-state index contributed by atoms with van der Waals surface area (Å²) in [6.07, 6.45) is 7.07. The van der Waals surface area contributed by atoms with Gasteiger partial charge in [-0.25, -0.2) is 4.98 Å². The van der Waals surface area contributed by atoms with Gasteiger partial charge in [-0.1, -0.05) is 67.8 Å². The fourth-order valence-electron chi connectivity index (χ4n) is 6.46. The van der Waals surface area contributed by atoms with Crippen LogP contribution in [0.15, 0.2) is 54.6 Å². The van der Waals surface area contributed by atoms with Crippen molar-refractivity contribution in [2.24, 2.45) is 5.92 Å². The van der Waals surface area contributed by atoms with Crippen LogP contribution in [0.4, 0.5) is 0 Å². The van der Waals surface area contributed by atoms with Crippen LogP contribution in [-0.4, -0.2) is 84.4 Å². The van der Waals surface area contributed by atoms with E-state index >= 15 is 0 Å². The van der Waals surface area contributed by atoms with Gasteiger partial charge in [-0.2, -0.15) is 0 Å². The Morgan fingerprint density at radius 1 is 1.02 bits per heavy atom. The van der Waals surface area contributed by atoms with Gasteiger partial charge in [0.05, 0.1) is 23.3 Å². The number of fused-ring (bicyclic) bond motifs is 1. The fraction of sp³-hybridized carbons (Fsp3) is 0.500. The first-order chi connectivity index (χ1) is 19.9. The summed E-state index contributed by atoms with van der Waals surface area (Å²) >= 11 is 0. The van der Waals surface area contributed by atoms with Gasteiger partial charge in [-0.3, -0.25) is 14.5 Å². The molecule has 3 aromatic rings. The fourth-order valence-corrected chi connectivity index (χ4v) is 6.46. The zero-order chi connectivity index (χ0) is 28.8. The van der Waals surface area contributed by atoms with Crippen molar-refractivity contribution < 1.29 is 9.59 Å². The molecular weight excluding hydrogens is 510 g/mol. The van der Waals surface area contributed by atoms with Crippen LogP contribution in [0.1, 0.15) is 61.4 Å². The molecule has 2 fully saturated rings. The smallest absolute Gasteiger partial charge is 0.252 e. The number of benzene rings is 2. The Morgan fingerprint density at radius 3 is 2.49 bits per heavy atom. The molecule has 2 amide bonds. The molecule has 41 heavy (non-hydrogen) atoms. The van der Waals surface area contributed by atoms with E-state index in [1.807, 2.05) is 47.4 Å². The predicted molar refractivity (Wildman–Crippen MR) is 166 cm³/mol. The molecule has 1 N–H and O–H groups in total. The summed E-state index contributed by atoms with van der Waals surface area (Å²) in [5.74, 6) is 0.625. The third-order valence-electron chi connectivity index (χ3n) is 8.80. The zero-order valence-electron chi connectivity index (χ0n) is 24.9. The Kier molecular flexibility index (Phi) is 9.68. The van der Waals surface area contributed by atoms with Crippen molar-refractivity contribution in [1.82, 2.24) is 25.0 Å². The molecule has 1 saturated heterocycles. The zero-order valence-corrected chi connectivity index (χ0v) is 24.9. The molecule has 1 atom stereocenters. The van der Waals surface area contributed by atoms with Crippen molar-refractivity contribution >= 4 is 22.7 Å². The van der Waals surface area contributed by atoms with Crippen molar-refractivity contribution in [3.8, 4) is 11.3 Å². The van der Waals surface area contributed by atoms with Crippen LogP contribution >= 0.6 is 0 Å². The van der Waals surface area contributed by atoms with Crippen molar-refractivity contribution in [2.75, 3.05) is 46.8 Å². The molecule has 5 rings (SSSR count). The molecule has 7 heteroatoms. The predicted octanol–water partition coefficient (Wildman–Crippen LogP) is 5.20. The summed E-state index contributed by atoms with van der Waals surface area (Å²) in [6, 6.07) is 18.2. The van der Waals surface area contributed by atoms with Crippen LogP contribution in [0, 0.1) is 5.92 Å². The summed E-state index contributed by atoms with van der Waals surface area (Å²) < 4.78 is 0. The van der Waals surface area contributed by atoms with Gasteiger partial charge in [-0.15, -0.1) is 0 Å². The van der Waals surface area contributed by atoms with Crippen LogP contribution in [0.25, 0.3) is 22.2 Å². The molecule has 218 valence electrons. The van der Waals surface area contributed by atoms with Crippen LogP contribution in [-0.2, 0) is 11.3 Å². The van der Waals surface area contributed by atoms with E-state index in [0.29, 0.717) is 31.1 Å². The maximum absolute atomic E-state index is 14.2. The third kappa shape index (κ3) is 7.14. The van der Waals surface area contributed by atoms with E-state index in [9.17, 15) is 9.59 Å². The molecule has 1 aliphatic carbocycles. The highest BCUT2D eigenvalue weighted by atomic mass is 16.2. The monoisotopic (exact) mass is 555 g/mol. The normalized spacial score (nSPS) is 17.8. The SMILES string of the molecule is C[C@H](NC(=O)c1c(CN2CCN(CCCN(C)C)C(=O)C2)c(-c2ccccc2)nc2ccccc12)C1CCCCC1. The van der Waals surface area contributed by atoms with Gasteiger partial charge in [0, 0.05) is 48.7 Å². The minimum atomic E-state index is -0.0393. The van der Waals surface area contributed by atoms with Gasteiger partial charge < -0.3 is 15.1 Å². The Labute approximate surface area is 244 Å². The minimum Gasteiger partial charge on any atom is -0.349 e. The molecule has 7 nitrogen and oxygen atoms in total. The molecule has 2 aliphatic rings. The summed E-state index contributed by atoms with van der Waals surface area (Å²) in [6.45, 7) is 6.23. The van der Waals surface area contributed by atoms with E-state index < -0.39 is 0 Å². The van der Waals surface area contributed by atoms with Gasteiger partial charge in [0.2, 0.25) is 5.91 Å². The number of aromatic nitrogens is 1. The van der Waals surface area contributed by atoms with E-state index in [4.69, 9.17) is 4.98 Å². The van der Waals surface area contributed by atoms with Crippen molar-refractivity contribution in [3.63, 3.8) is 0 Å². The second-order valence-electron chi connectivity index (χ2n) is 12.1. The molecule has 1 aromatic heterocycles. The quantitative estimate of drug-likeness (QED) is 0.373. The largest absolute Gasteiger partial charge is 0.349 e. The summed E-state index contributed by atoms with van der Waals surface area (Å²) in [5, 5.41) is 4.26. The summed E-state index contributed by atoms with van der Waals surface area (Å²) in [7, 11) is 4.12. The first-order valence-corrected chi connectivity index (χ1v) is 15.3. The summed E-state index contributed by atoms with van der Waals surface area (Å²) in [4.78, 5) is 38.8. The number of hydrogen-bond acceptors (Lipinski definition) is 5. The van der Waals surface area contributed by atoms with Gasteiger partial charge in [0.25, 0.3) is 5.91 Å². The van der Waals surface area contributed by atoms with Crippen molar-refractivity contribution in [2.45, 2.75) is 58.0 Å². The second-order valence-corrected chi connectivity index (χ2v) is 12.1. The second kappa shape index (κ2) is 13.6. The van der Waals surface area contributed by atoms with Gasteiger partial charge >= 0.3 is 0 Å². The first-order valence-electron chi connectivity index (χ1n) is 15.3. The van der Waals surface area contributed by atoms with Crippen LogP contribution in [0.2, 0.25) is 0 Å². The lowest BCUT2D eigenvalue weighted by molar-refractivity contribution is -0.136. The average molecular weight is 556 g/mol. The van der Waals surface area contributed by atoms with Crippen molar-refractivity contribution in [1.29, 1.82) is 0 Å². The molecular formula is C34H45N5O2. The number of rotatable bonds is 10. The lowest BCUT2D eigenvalue weighted by Gasteiger charge is -2.35. The summed E-state index contributed by atoms with van der Waals surface area (Å²) in [5.41, 5.74) is 4.21. The number of amides is 2. The van der Waals surface area contributed by atoms with Crippen molar-refractivity contribution in [3.05, 3.63) is 65.7 Å². The van der Waals surface area contributed by atoms with Gasteiger partial charge in [0.15, 0.2) is 0 Å². The molecule has 2 heterocycles. The lowest BCUT2D eigenvalue weighted by atomic mass is 9.84. The highest BCUT2D eigenvalue weighted by Crippen LogP contribution is 2.33. The Balaban J connectivity index is 1.48. The van der Waals surface area contributed by atoms with Gasteiger partial charge in [0.1, 0.15) is 0 Å². The van der Waals surface area contributed by atoms with E-state index in [-0.39, 0.29) is 17.9 Å². The van der Waals surface area contributed by atoms with E-state index in [0.717, 1.165) is 53.8 Å². The first kappa shape index (κ1) is 29.2. The molecule has 1 saturated carbocycles. The molecule has 2 aromatic carbocycles.